The predicted octanol–water partition coefficient (Wildman–Crippen LogP) is 3.02. The fourth-order valence-corrected chi connectivity index (χ4v) is 3.49. The van der Waals surface area contributed by atoms with Crippen molar-refractivity contribution in [3.63, 3.8) is 0 Å². The maximum Gasteiger partial charge on any atom is 0.418 e. The second-order valence-electron chi connectivity index (χ2n) is 6.88. The van der Waals surface area contributed by atoms with E-state index in [2.05, 4.69) is 26.1 Å². The Hall–Kier alpha value is -2.33. The minimum Gasteiger partial charge on any atom is -0.369 e. The van der Waals surface area contributed by atoms with Crippen LogP contribution in [0.2, 0.25) is 0 Å². The number of nitrogens with one attached hydrogen (secondary N) is 1. The van der Waals surface area contributed by atoms with Crippen LogP contribution in [0.1, 0.15) is 5.56 Å². The average Bonchev–Trinajstić information content (AvgIpc) is 2.65. The molecule has 2 aromatic rings. The van der Waals surface area contributed by atoms with Gasteiger partial charge in [-0.25, -0.2) is 0 Å². The molecule has 1 aromatic carbocycles. The highest BCUT2D eigenvalue weighted by Gasteiger charge is 2.35. The van der Waals surface area contributed by atoms with E-state index in [-0.39, 0.29) is 5.69 Å². The molecule has 29 heavy (non-hydrogen) atoms. The van der Waals surface area contributed by atoms with Crippen molar-refractivity contribution in [2.45, 2.75) is 12.7 Å². The number of hydrogen-bond acceptors (Lipinski definition) is 4. The van der Waals surface area contributed by atoms with Crippen molar-refractivity contribution in [3.8, 4) is 0 Å². The zero-order valence-corrected chi connectivity index (χ0v) is 17.3. The topological polar surface area (TPSA) is 57.6 Å². The third-order valence-electron chi connectivity index (χ3n) is 4.71. The van der Waals surface area contributed by atoms with Crippen molar-refractivity contribution in [2.75, 3.05) is 43.4 Å². The molecule has 0 atom stereocenters. The Labute approximate surface area is 174 Å². The van der Waals surface area contributed by atoms with Crippen LogP contribution in [0, 0.1) is 0 Å². The molecule has 0 saturated carbocycles. The Bertz CT molecular complexity index is 953. The Kier molecular flexibility index (Phi) is 6.33. The van der Waals surface area contributed by atoms with E-state index in [4.69, 9.17) is 0 Å². The molecule has 2 heterocycles. The summed E-state index contributed by atoms with van der Waals surface area (Å²) >= 11 is 3.19. The molecule has 1 saturated heterocycles. The van der Waals surface area contributed by atoms with Gasteiger partial charge in [0, 0.05) is 48.6 Å². The lowest BCUT2D eigenvalue weighted by Gasteiger charge is -2.34. The van der Waals surface area contributed by atoms with Crippen molar-refractivity contribution < 1.29 is 18.0 Å². The van der Waals surface area contributed by atoms with Crippen LogP contribution in [0.3, 0.4) is 0 Å². The Morgan fingerprint density at radius 1 is 1.14 bits per heavy atom. The first-order chi connectivity index (χ1) is 13.6. The summed E-state index contributed by atoms with van der Waals surface area (Å²) in [7, 11) is 1.97. The van der Waals surface area contributed by atoms with Crippen molar-refractivity contribution in [3.05, 3.63) is 56.9 Å². The summed E-state index contributed by atoms with van der Waals surface area (Å²) in [6.45, 7) is 2.40. The molecule has 1 fully saturated rings. The van der Waals surface area contributed by atoms with Gasteiger partial charge in [0.1, 0.15) is 6.54 Å². The van der Waals surface area contributed by atoms with Gasteiger partial charge in [-0.15, -0.1) is 0 Å². The lowest BCUT2D eigenvalue weighted by Crippen LogP contribution is -2.44. The number of halogens is 4. The molecule has 1 N–H and O–H groups in total. The van der Waals surface area contributed by atoms with Crippen LogP contribution in [0.15, 0.2) is 45.8 Å². The SMILES string of the molecule is CN1CCN(c2ccc(NC(=O)Cn3cc(Br)ccc3=O)c(C(F)(F)F)c2)CC1. The first-order valence-electron chi connectivity index (χ1n) is 8.94. The molecular formula is C19H20BrF3N4O2. The van der Waals surface area contributed by atoms with Crippen molar-refractivity contribution in [2.24, 2.45) is 0 Å². The van der Waals surface area contributed by atoms with Gasteiger partial charge in [-0.05, 0) is 47.2 Å². The van der Waals surface area contributed by atoms with Crippen LogP contribution in [0.25, 0.3) is 0 Å². The minimum atomic E-state index is -4.63. The second-order valence-corrected chi connectivity index (χ2v) is 7.80. The van der Waals surface area contributed by atoms with Gasteiger partial charge in [-0.1, -0.05) is 0 Å². The maximum atomic E-state index is 13.6. The molecular weight excluding hydrogens is 453 g/mol. The fraction of sp³-hybridized carbons (Fsp3) is 0.368. The van der Waals surface area contributed by atoms with Crippen LogP contribution in [-0.2, 0) is 17.5 Å². The van der Waals surface area contributed by atoms with Crippen LogP contribution in [-0.4, -0.2) is 48.6 Å². The molecule has 1 amide bonds. The third kappa shape index (κ3) is 5.39. The number of anilines is 2. The zero-order valence-electron chi connectivity index (χ0n) is 15.7. The first-order valence-corrected chi connectivity index (χ1v) is 9.73. The number of nitrogens with zero attached hydrogens (tertiary/aromatic N) is 3. The quantitative estimate of drug-likeness (QED) is 0.742. The smallest absolute Gasteiger partial charge is 0.369 e. The number of carbonyl (C=O) groups excluding carboxylic acids is 1. The molecule has 156 valence electrons. The standard InChI is InChI=1S/C19H20BrF3N4O2/c1-25-6-8-26(9-7-25)14-3-4-16(15(10-14)19(21,22)23)24-17(28)12-27-11-13(20)2-5-18(27)29/h2-5,10-11H,6-9,12H2,1H3,(H,24,28). The summed E-state index contributed by atoms with van der Waals surface area (Å²) in [4.78, 5) is 28.1. The van der Waals surface area contributed by atoms with Crippen LogP contribution in [0.4, 0.5) is 24.5 Å². The third-order valence-corrected chi connectivity index (χ3v) is 5.18. The maximum absolute atomic E-state index is 13.6. The highest BCUT2D eigenvalue weighted by Crippen LogP contribution is 2.37. The molecule has 0 unspecified atom stereocenters. The van der Waals surface area contributed by atoms with Gasteiger partial charge in [0.05, 0.1) is 11.3 Å². The molecule has 3 rings (SSSR count). The normalized spacial score (nSPS) is 15.4. The number of aromatic nitrogens is 1. The molecule has 6 nitrogen and oxygen atoms in total. The number of amides is 1. The first kappa shape index (κ1) is 21.4. The van der Waals surface area contributed by atoms with E-state index in [1.54, 1.807) is 6.07 Å². The molecule has 10 heteroatoms. The molecule has 0 aliphatic carbocycles. The van der Waals surface area contributed by atoms with Crippen LogP contribution in [0.5, 0.6) is 0 Å². The molecule has 0 bridgehead atoms. The second kappa shape index (κ2) is 8.58. The number of likely N-dealkylation sites (N-methyl/N-ethyl adjacent to an activating group) is 1. The Morgan fingerprint density at radius 2 is 1.83 bits per heavy atom. The molecule has 1 aromatic heterocycles. The van der Waals surface area contributed by atoms with Gasteiger partial charge in [-0.3, -0.25) is 9.59 Å². The van der Waals surface area contributed by atoms with E-state index in [1.165, 1.54) is 24.4 Å². The van der Waals surface area contributed by atoms with Gasteiger partial charge in [-0.2, -0.15) is 13.2 Å². The summed E-state index contributed by atoms with van der Waals surface area (Å²) in [5.74, 6) is -0.719. The van der Waals surface area contributed by atoms with Crippen LogP contribution >= 0.6 is 15.9 Å². The van der Waals surface area contributed by atoms with E-state index >= 15 is 0 Å². The number of alkyl halides is 3. The number of piperazine rings is 1. The molecule has 0 spiro atoms. The van der Waals surface area contributed by atoms with Gasteiger partial charge in [0.15, 0.2) is 0 Å². The number of rotatable bonds is 4. The monoisotopic (exact) mass is 472 g/mol. The molecule has 1 aliphatic rings. The van der Waals surface area contributed by atoms with Gasteiger partial charge in [0.2, 0.25) is 5.91 Å². The summed E-state index contributed by atoms with van der Waals surface area (Å²) in [5.41, 5.74) is -1.20. The minimum absolute atomic E-state index is 0.330. The summed E-state index contributed by atoms with van der Waals surface area (Å²) in [6, 6.07) is 6.69. The van der Waals surface area contributed by atoms with Crippen LogP contribution < -0.4 is 15.8 Å². The van der Waals surface area contributed by atoms with Gasteiger partial charge >= 0.3 is 6.18 Å². The highest BCUT2D eigenvalue weighted by atomic mass is 79.9. The summed E-state index contributed by atoms with van der Waals surface area (Å²) < 4.78 is 42.5. The summed E-state index contributed by atoms with van der Waals surface area (Å²) in [6.07, 6.45) is -3.22. The molecule has 1 aliphatic heterocycles. The molecule has 0 radical (unpaired) electrons. The van der Waals surface area contributed by atoms with Crippen molar-refractivity contribution >= 4 is 33.2 Å². The number of hydrogen-bond donors (Lipinski definition) is 1. The number of benzene rings is 1. The van der Waals surface area contributed by atoms with E-state index < -0.39 is 29.8 Å². The Balaban J connectivity index is 1.81. The lowest BCUT2D eigenvalue weighted by molar-refractivity contribution is -0.136. The number of carbonyl (C=O) groups is 1. The Morgan fingerprint density at radius 3 is 2.48 bits per heavy atom. The van der Waals surface area contributed by atoms with Gasteiger partial charge < -0.3 is 19.7 Å². The van der Waals surface area contributed by atoms with E-state index in [0.717, 1.165) is 23.7 Å². The highest BCUT2D eigenvalue weighted by molar-refractivity contribution is 9.10. The van der Waals surface area contributed by atoms with Gasteiger partial charge in [0.25, 0.3) is 5.56 Å². The summed E-state index contributed by atoms with van der Waals surface area (Å²) in [5, 5.41) is 2.29. The lowest BCUT2D eigenvalue weighted by atomic mass is 10.1. The predicted molar refractivity (Wildman–Crippen MR) is 108 cm³/mol. The van der Waals surface area contributed by atoms with Crippen molar-refractivity contribution in [1.82, 2.24) is 9.47 Å². The van der Waals surface area contributed by atoms with E-state index in [1.807, 2.05) is 11.9 Å². The average molecular weight is 473 g/mol. The zero-order chi connectivity index (χ0) is 21.2. The van der Waals surface area contributed by atoms with E-state index in [9.17, 15) is 22.8 Å². The van der Waals surface area contributed by atoms with Crippen molar-refractivity contribution in [1.29, 1.82) is 0 Å². The number of pyridine rings is 1. The largest absolute Gasteiger partial charge is 0.418 e. The van der Waals surface area contributed by atoms with E-state index in [0.29, 0.717) is 23.2 Å². The fourth-order valence-electron chi connectivity index (χ4n) is 3.11.